The van der Waals surface area contributed by atoms with Gasteiger partial charge in [-0.3, -0.25) is 0 Å². The minimum Gasteiger partial charge on any atom is 0 e. The van der Waals surface area contributed by atoms with Gasteiger partial charge in [-0.2, -0.15) is 0 Å². The van der Waals surface area contributed by atoms with E-state index < -0.39 is 0 Å². The molecule has 0 bridgehead atoms. The molecule has 0 saturated carbocycles. The van der Waals surface area contributed by atoms with Gasteiger partial charge in [0.1, 0.15) is 0 Å². The highest BCUT2D eigenvalue weighted by atomic mass is 14.0. The number of hydrogen-bond acceptors (Lipinski definition) is 0. The summed E-state index contributed by atoms with van der Waals surface area (Å²) in [4.78, 5) is 0. The van der Waals surface area contributed by atoms with Crippen LogP contribution < -0.4 is 6.15 Å². The molecule has 0 aromatic carbocycles. The Morgan fingerprint density at radius 2 is 0.400 bits per heavy atom. The SMILES string of the molecule is B.B.B.B.[N]. The van der Waals surface area contributed by atoms with E-state index in [0.29, 0.717) is 0 Å². The lowest BCUT2D eigenvalue weighted by atomic mass is 10.8. The van der Waals surface area contributed by atoms with Gasteiger partial charge in [0.15, 0.2) is 0 Å². The van der Waals surface area contributed by atoms with Gasteiger partial charge in [0.2, 0.25) is 0 Å². The molecule has 0 aliphatic heterocycles. The maximum Gasteiger partial charge on any atom is 0.0814 e. The van der Waals surface area contributed by atoms with Crippen LogP contribution in [0.15, 0.2) is 0 Å². The van der Waals surface area contributed by atoms with Gasteiger partial charge in [-0.1, -0.05) is 0 Å². The minimum atomic E-state index is 0. The quantitative estimate of drug-likeness (QED) is 0.255. The summed E-state index contributed by atoms with van der Waals surface area (Å²) in [6.07, 6.45) is 0. The van der Waals surface area contributed by atoms with Crippen molar-refractivity contribution in [1.29, 1.82) is 0 Å². The van der Waals surface area contributed by atoms with Crippen LogP contribution in [0.3, 0.4) is 0 Å². The van der Waals surface area contributed by atoms with E-state index in [0.717, 1.165) is 0 Å². The predicted molar refractivity (Wildman–Crippen MR) is 41.9 cm³/mol. The van der Waals surface area contributed by atoms with Crippen molar-refractivity contribution in [1.82, 2.24) is 6.15 Å². The molecule has 5 heavy (non-hydrogen) atoms. The summed E-state index contributed by atoms with van der Waals surface area (Å²) >= 11 is 0. The van der Waals surface area contributed by atoms with Crippen LogP contribution in [0.2, 0.25) is 0 Å². The van der Waals surface area contributed by atoms with Crippen LogP contribution in [0.1, 0.15) is 0 Å². The molecule has 0 saturated heterocycles. The van der Waals surface area contributed by atoms with E-state index in [4.69, 9.17) is 0 Å². The Labute approximate surface area is 40.8 Å². The van der Waals surface area contributed by atoms with Crippen molar-refractivity contribution >= 4 is 33.7 Å². The van der Waals surface area contributed by atoms with Gasteiger partial charge in [0.25, 0.3) is 0 Å². The van der Waals surface area contributed by atoms with Gasteiger partial charge >= 0.3 is 0 Å². The Morgan fingerprint density at radius 3 is 0.400 bits per heavy atom. The van der Waals surface area contributed by atoms with Gasteiger partial charge in [0.05, 0.1) is 33.7 Å². The van der Waals surface area contributed by atoms with Crippen LogP contribution in [-0.4, -0.2) is 33.7 Å². The Bertz CT molecular complexity index is 3.61. The Kier molecular flexibility index (Phi) is 349000. The predicted octanol–water partition coefficient (Wildman–Crippen LogP) is -5.22. The highest BCUT2D eigenvalue weighted by Gasteiger charge is 0.0845. The summed E-state index contributed by atoms with van der Waals surface area (Å²) in [5.74, 6) is 0. The van der Waals surface area contributed by atoms with Crippen LogP contribution in [0.25, 0.3) is 0 Å². The molecule has 0 aliphatic rings. The normalized spacial score (nSPS) is 0. The van der Waals surface area contributed by atoms with Gasteiger partial charge < -0.3 is 0 Å². The van der Waals surface area contributed by atoms with Gasteiger partial charge in [0, 0.05) is 6.15 Å². The third-order valence-corrected chi connectivity index (χ3v) is 0. The van der Waals surface area contributed by atoms with Crippen molar-refractivity contribution in [2.24, 2.45) is 0 Å². The second-order valence-electron chi connectivity index (χ2n) is 0. The van der Waals surface area contributed by atoms with Crippen LogP contribution in [-0.2, 0) is 0 Å². The fourth-order valence-electron chi connectivity index (χ4n) is 0. The molecule has 0 aromatic heterocycles. The van der Waals surface area contributed by atoms with E-state index in [2.05, 4.69) is 0 Å². The van der Waals surface area contributed by atoms with E-state index in [-0.39, 0.29) is 39.8 Å². The molecule has 0 aromatic rings. The molecule has 5 heteroatoms. The molecule has 0 amide bonds. The minimum absolute atomic E-state index is 0. The summed E-state index contributed by atoms with van der Waals surface area (Å²) in [7, 11) is 0. The highest BCUT2D eigenvalue weighted by Crippen LogP contribution is -0.378. The Morgan fingerprint density at radius 1 is 0.400 bits per heavy atom. The molecule has 0 fully saturated rings. The van der Waals surface area contributed by atoms with Crippen LogP contribution in [0, 0.1) is 0 Å². The van der Waals surface area contributed by atoms with Crippen LogP contribution >= 0.6 is 0 Å². The van der Waals surface area contributed by atoms with Crippen molar-refractivity contribution in [3.63, 3.8) is 0 Å². The van der Waals surface area contributed by atoms with Crippen molar-refractivity contribution < 1.29 is 0 Å². The summed E-state index contributed by atoms with van der Waals surface area (Å²) < 4.78 is 0. The molecule has 0 N–H and O–H groups in total. The second kappa shape index (κ2) is 906. The van der Waals surface area contributed by atoms with Gasteiger partial charge in [-0.25, -0.2) is 0 Å². The highest BCUT2D eigenvalue weighted by molar-refractivity contribution is 5.76. The molecule has 3 radical (unpaired) electrons. The van der Waals surface area contributed by atoms with Gasteiger partial charge in [-0.15, -0.1) is 0 Å². The number of rotatable bonds is 0. The standard InChI is InChI=1S/4BH3.N/h4*1H3;. The zero-order valence-corrected chi connectivity index (χ0v) is 0.447. The fourth-order valence-corrected chi connectivity index (χ4v) is 0. The zero-order valence-electron chi connectivity index (χ0n) is 0.447. The molecule has 0 heterocycles. The third kappa shape index (κ3) is 431. The van der Waals surface area contributed by atoms with Crippen molar-refractivity contribution in [2.75, 3.05) is 0 Å². The molecule has 0 spiro atoms. The van der Waals surface area contributed by atoms with E-state index in [1.54, 1.807) is 0 Å². The molecule has 1 nitrogen and oxygen atoms in total. The lowest BCUT2D eigenvalue weighted by Crippen LogP contribution is -0.481. The topological polar surface area (TPSA) is 30.5 Å². The first-order chi connectivity index (χ1) is 0. The second-order valence-corrected chi connectivity index (χ2v) is 0. The maximum atomic E-state index is 0. The molecule has 0 unspecified atom stereocenters. The summed E-state index contributed by atoms with van der Waals surface area (Å²) in [5, 5.41) is 0. The lowest BCUT2D eigenvalue weighted by Gasteiger charge is -0.0000474. The maximum absolute atomic E-state index is 0. The van der Waals surface area contributed by atoms with Crippen LogP contribution in [0.5, 0.6) is 0 Å². The lowest BCUT2D eigenvalue weighted by molar-refractivity contribution is 2.13. The van der Waals surface area contributed by atoms with E-state index in [9.17, 15) is 0 Å². The van der Waals surface area contributed by atoms with Crippen molar-refractivity contribution in [3.05, 3.63) is 0 Å². The zero-order chi connectivity index (χ0) is 0. The smallest absolute Gasteiger partial charge is 0 e. The van der Waals surface area contributed by atoms with E-state index in [1.165, 1.54) is 0 Å². The molecular formula is H12B4N. The van der Waals surface area contributed by atoms with Gasteiger partial charge in [-0.05, 0) is 0 Å². The first-order valence-corrected chi connectivity index (χ1v) is 0. The average molecular weight is 69.4 g/mol. The Balaban J connectivity index is 0. The van der Waals surface area contributed by atoms with Crippen molar-refractivity contribution in [2.45, 2.75) is 0 Å². The molecule has 0 atom stereocenters. The molecular weight excluding hydrogens is 57.3 g/mol. The van der Waals surface area contributed by atoms with E-state index in [1.807, 2.05) is 0 Å². The first kappa shape index (κ1) is 1920. The van der Waals surface area contributed by atoms with E-state index >= 15 is 0 Å². The number of hydrogen-bond donors (Lipinski definition) is 0. The fraction of sp³-hybridized carbons (Fsp3) is 0. The largest absolute Gasteiger partial charge is 0.0814 e. The Hall–Kier alpha value is 0.220. The molecule has 0 rings (SSSR count). The third-order valence-electron chi connectivity index (χ3n) is 0. The first-order valence-electron chi connectivity index (χ1n) is 0. The average Bonchev–Trinajstić information content (AvgIpc) is 0. The van der Waals surface area contributed by atoms with Crippen molar-refractivity contribution in [3.8, 4) is 0 Å². The summed E-state index contributed by atoms with van der Waals surface area (Å²) in [5.41, 5.74) is 0. The van der Waals surface area contributed by atoms with Crippen LogP contribution in [0.4, 0.5) is 0 Å². The summed E-state index contributed by atoms with van der Waals surface area (Å²) in [6.45, 7) is 0. The monoisotopic (exact) mass is 70.1 g/mol. The molecule has 0 aliphatic carbocycles. The molecule has 29 valence electrons. The number of nitrogens with zero attached hydrogens (tertiary/aromatic N) is 1. The summed E-state index contributed by atoms with van der Waals surface area (Å²) in [6, 6.07) is 0.